The predicted molar refractivity (Wildman–Crippen MR) is 127 cm³/mol. The fourth-order valence-corrected chi connectivity index (χ4v) is 4.09. The van der Waals surface area contributed by atoms with Gasteiger partial charge in [0.1, 0.15) is 5.69 Å². The van der Waals surface area contributed by atoms with Crippen molar-refractivity contribution in [2.24, 2.45) is 7.05 Å². The molecule has 1 unspecified atom stereocenters. The van der Waals surface area contributed by atoms with Crippen molar-refractivity contribution in [3.05, 3.63) is 76.2 Å². The molecule has 0 spiro atoms. The molecule has 0 bridgehead atoms. The van der Waals surface area contributed by atoms with E-state index in [0.29, 0.717) is 11.4 Å². The minimum absolute atomic E-state index is 0.0223. The Kier molecular flexibility index (Phi) is 7.08. The van der Waals surface area contributed by atoms with Gasteiger partial charge in [-0.25, -0.2) is 22.2 Å². The second kappa shape index (κ2) is 9.65. The monoisotopic (exact) mass is 486 g/mol. The number of nitrogens with zero attached hydrogens (tertiary/aromatic N) is 3. The lowest BCUT2D eigenvalue weighted by Gasteiger charge is -2.14. The van der Waals surface area contributed by atoms with E-state index in [9.17, 15) is 22.8 Å². The quantitative estimate of drug-likeness (QED) is 0.510. The summed E-state index contributed by atoms with van der Waals surface area (Å²) >= 11 is 0. The van der Waals surface area contributed by atoms with Crippen LogP contribution in [0.2, 0.25) is 0 Å². The Hall–Kier alpha value is -3.70. The van der Waals surface area contributed by atoms with Gasteiger partial charge in [-0.15, -0.1) is 0 Å². The highest BCUT2D eigenvalue weighted by Gasteiger charge is 2.24. The average Bonchev–Trinajstić information content (AvgIpc) is 3.02. The number of sulfonamides is 1. The van der Waals surface area contributed by atoms with Gasteiger partial charge in [0.25, 0.3) is 11.5 Å². The van der Waals surface area contributed by atoms with Crippen LogP contribution in [0.5, 0.6) is 0 Å². The highest BCUT2D eigenvalue weighted by molar-refractivity contribution is 7.89. The third-order valence-electron chi connectivity index (χ3n) is 5.32. The third-order valence-corrected chi connectivity index (χ3v) is 7.15. The number of amides is 1. The molecule has 34 heavy (non-hydrogen) atoms. The number of rotatable bonds is 7. The summed E-state index contributed by atoms with van der Waals surface area (Å²) in [6, 6.07) is 14.2. The number of benzene rings is 2. The second-order valence-electron chi connectivity index (χ2n) is 7.79. The topological polar surface area (TPSA) is 120 Å². The summed E-state index contributed by atoms with van der Waals surface area (Å²) in [5.74, 6) is -1.48. The minimum Gasteiger partial charge on any atom is -0.449 e. The van der Waals surface area contributed by atoms with Crippen molar-refractivity contribution in [3.8, 4) is 5.69 Å². The standard InChI is InChI=1S/C23H26N4O6S/c1-15-20(22(29)27(26(15)5)18-9-7-6-8-10-18)24-21(28)16(2)33-23(30)17-11-13-19(14-12-17)34(31,32)25(3)4/h6-14,16H,1-5H3,(H,24,28). The van der Waals surface area contributed by atoms with Crippen LogP contribution in [0.4, 0.5) is 5.69 Å². The van der Waals surface area contributed by atoms with Crippen molar-refractivity contribution in [2.45, 2.75) is 24.8 Å². The average molecular weight is 487 g/mol. The van der Waals surface area contributed by atoms with Gasteiger partial charge in [0.15, 0.2) is 6.10 Å². The van der Waals surface area contributed by atoms with Gasteiger partial charge in [-0.3, -0.25) is 14.3 Å². The first-order valence-electron chi connectivity index (χ1n) is 10.3. The number of carbonyl (C=O) groups is 2. The number of carbonyl (C=O) groups excluding carboxylic acids is 2. The van der Waals surface area contributed by atoms with Gasteiger partial charge in [0, 0.05) is 21.1 Å². The Morgan fingerprint density at radius 1 is 1.03 bits per heavy atom. The molecule has 1 atom stereocenters. The molecule has 1 heterocycles. The molecule has 0 saturated heterocycles. The minimum atomic E-state index is -3.64. The van der Waals surface area contributed by atoms with E-state index in [2.05, 4.69) is 5.32 Å². The number of anilines is 1. The maximum Gasteiger partial charge on any atom is 0.338 e. The van der Waals surface area contributed by atoms with E-state index in [4.69, 9.17) is 4.74 Å². The maximum atomic E-state index is 12.9. The van der Waals surface area contributed by atoms with Crippen LogP contribution in [0.3, 0.4) is 0 Å². The van der Waals surface area contributed by atoms with Crippen molar-refractivity contribution < 1.29 is 22.7 Å². The van der Waals surface area contributed by atoms with E-state index < -0.39 is 33.6 Å². The van der Waals surface area contributed by atoms with Gasteiger partial charge in [-0.05, 0) is 50.2 Å². The lowest BCUT2D eigenvalue weighted by atomic mass is 10.2. The van der Waals surface area contributed by atoms with Crippen molar-refractivity contribution >= 4 is 27.6 Å². The first-order valence-corrected chi connectivity index (χ1v) is 11.8. The van der Waals surface area contributed by atoms with Crippen LogP contribution in [-0.2, 0) is 26.6 Å². The molecule has 0 radical (unpaired) electrons. The SMILES string of the molecule is Cc1c(NC(=O)C(C)OC(=O)c2ccc(S(=O)(=O)N(C)C)cc2)c(=O)n(-c2ccccc2)n1C. The van der Waals surface area contributed by atoms with Crippen molar-refractivity contribution in [1.29, 1.82) is 0 Å². The highest BCUT2D eigenvalue weighted by atomic mass is 32.2. The summed E-state index contributed by atoms with van der Waals surface area (Å²) in [6.07, 6.45) is -1.21. The summed E-state index contributed by atoms with van der Waals surface area (Å²) in [6.45, 7) is 3.07. The first-order chi connectivity index (χ1) is 15.9. The zero-order chi connectivity index (χ0) is 25.2. The Labute approximate surface area is 197 Å². The maximum absolute atomic E-state index is 12.9. The van der Waals surface area contributed by atoms with Crippen LogP contribution < -0.4 is 10.9 Å². The van der Waals surface area contributed by atoms with E-state index in [1.54, 1.807) is 42.9 Å². The van der Waals surface area contributed by atoms with Gasteiger partial charge in [-0.2, -0.15) is 0 Å². The zero-order valence-corrected chi connectivity index (χ0v) is 20.3. The number of ether oxygens (including phenoxy) is 1. The summed E-state index contributed by atoms with van der Waals surface area (Å²) < 4.78 is 33.6. The van der Waals surface area contributed by atoms with E-state index in [-0.39, 0.29) is 16.1 Å². The van der Waals surface area contributed by atoms with Crippen LogP contribution in [0.25, 0.3) is 5.69 Å². The predicted octanol–water partition coefficient (Wildman–Crippen LogP) is 1.92. The smallest absolute Gasteiger partial charge is 0.338 e. The summed E-state index contributed by atoms with van der Waals surface area (Å²) in [5, 5.41) is 2.55. The first kappa shape index (κ1) is 24.9. The second-order valence-corrected chi connectivity index (χ2v) is 9.94. The van der Waals surface area contributed by atoms with Crippen LogP contribution in [-0.4, -0.2) is 54.2 Å². The van der Waals surface area contributed by atoms with Gasteiger partial charge in [-0.1, -0.05) is 18.2 Å². The lowest BCUT2D eigenvalue weighted by molar-refractivity contribution is -0.123. The molecule has 10 nitrogen and oxygen atoms in total. The number of para-hydroxylation sites is 1. The molecule has 1 aromatic heterocycles. The van der Waals surface area contributed by atoms with Crippen molar-refractivity contribution in [2.75, 3.05) is 19.4 Å². The summed E-state index contributed by atoms with van der Waals surface area (Å²) in [7, 11) is 0.868. The summed E-state index contributed by atoms with van der Waals surface area (Å²) in [5.41, 5.74) is 0.907. The van der Waals surface area contributed by atoms with Crippen molar-refractivity contribution in [1.82, 2.24) is 13.7 Å². The molecule has 3 rings (SSSR count). The van der Waals surface area contributed by atoms with Crippen LogP contribution in [0, 0.1) is 6.92 Å². The molecule has 180 valence electrons. The molecule has 0 fully saturated rings. The van der Waals surface area contributed by atoms with Crippen molar-refractivity contribution in [3.63, 3.8) is 0 Å². The van der Waals surface area contributed by atoms with E-state index in [1.165, 1.54) is 50.0 Å². The molecule has 0 saturated carbocycles. The normalized spacial score (nSPS) is 12.4. The molecule has 1 amide bonds. The molecule has 0 aliphatic rings. The molecule has 1 N–H and O–H groups in total. The molecule has 3 aromatic rings. The molecule has 0 aliphatic heterocycles. The number of hydrogen-bond acceptors (Lipinski definition) is 6. The fourth-order valence-electron chi connectivity index (χ4n) is 3.19. The Morgan fingerprint density at radius 2 is 1.62 bits per heavy atom. The van der Waals surface area contributed by atoms with Crippen LogP contribution in [0.1, 0.15) is 23.0 Å². The van der Waals surface area contributed by atoms with E-state index >= 15 is 0 Å². The van der Waals surface area contributed by atoms with Gasteiger partial charge >= 0.3 is 5.97 Å². The van der Waals surface area contributed by atoms with Gasteiger partial charge < -0.3 is 10.1 Å². The zero-order valence-electron chi connectivity index (χ0n) is 19.5. The lowest BCUT2D eigenvalue weighted by Crippen LogP contribution is -2.32. The molecule has 11 heteroatoms. The van der Waals surface area contributed by atoms with Crippen LogP contribution >= 0.6 is 0 Å². The number of aromatic nitrogens is 2. The largest absolute Gasteiger partial charge is 0.449 e. The van der Waals surface area contributed by atoms with Crippen LogP contribution in [0.15, 0.2) is 64.3 Å². The number of hydrogen-bond donors (Lipinski definition) is 1. The highest BCUT2D eigenvalue weighted by Crippen LogP contribution is 2.17. The van der Waals surface area contributed by atoms with Gasteiger partial charge in [0.05, 0.1) is 21.8 Å². The molecule has 0 aliphatic carbocycles. The van der Waals surface area contributed by atoms with E-state index in [0.717, 1.165) is 4.31 Å². The third kappa shape index (κ3) is 4.80. The van der Waals surface area contributed by atoms with Gasteiger partial charge in [0.2, 0.25) is 10.0 Å². The molecule has 2 aromatic carbocycles. The molecular formula is C23H26N4O6S. The number of esters is 1. The Morgan fingerprint density at radius 3 is 2.18 bits per heavy atom. The Balaban J connectivity index is 1.74. The Bertz CT molecular complexity index is 1370. The summed E-state index contributed by atoms with van der Waals surface area (Å²) in [4.78, 5) is 38.1. The number of nitrogens with one attached hydrogen (secondary N) is 1. The fraction of sp³-hybridized carbons (Fsp3) is 0.261. The molecular weight excluding hydrogens is 460 g/mol. The van der Waals surface area contributed by atoms with E-state index in [1.807, 2.05) is 6.07 Å².